The third-order valence-corrected chi connectivity index (χ3v) is 1.87. The van der Waals surface area contributed by atoms with Gasteiger partial charge in [0.1, 0.15) is 6.04 Å². The van der Waals surface area contributed by atoms with Crippen molar-refractivity contribution < 1.29 is 14.7 Å². The van der Waals surface area contributed by atoms with Crippen LogP contribution in [0, 0.1) is 0 Å². The molecule has 16 heavy (non-hydrogen) atoms. The second-order valence-electron chi connectivity index (χ2n) is 3.09. The number of hydrogen-bond donors (Lipinski definition) is 4. The van der Waals surface area contributed by atoms with Crippen molar-refractivity contribution in [2.45, 2.75) is 6.04 Å². The Bertz CT molecular complexity index is 367. The summed E-state index contributed by atoms with van der Waals surface area (Å²) < 4.78 is 0. The highest BCUT2D eigenvalue weighted by Crippen LogP contribution is 2.04. The van der Waals surface area contributed by atoms with Crippen molar-refractivity contribution in [3.63, 3.8) is 0 Å². The van der Waals surface area contributed by atoms with E-state index in [1.807, 2.05) is 6.07 Å². The largest absolute Gasteiger partial charge is 0.480 e. The zero-order valence-electron chi connectivity index (χ0n) is 8.51. The van der Waals surface area contributed by atoms with E-state index in [0.29, 0.717) is 5.69 Å². The van der Waals surface area contributed by atoms with Crippen molar-refractivity contribution in [2.24, 2.45) is 5.73 Å². The van der Waals surface area contributed by atoms with Crippen molar-refractivity contribution >= 4 is 17.7 Å². The lowest BCUT2D eigenvalue weighted by Gasteiger charge is -2.12. The highest BCUT2D eigenvalue weighted by Gasteiger charge is 2.17. The predicted molar refractivity (Wildman–Crippen MR) is 59.1 cm³/mol. The average molecular weight is 223 g/mol. The first-order valence-corrected chi connectivity index (χ1v) is 4.69. The molecule has 1 unspecified atom stereocenters. The maximum absolute atomic E-state index is 11.3. The molecule has 1 aromatic carbocycles. The first-order chi connectivity index (χ1) is 7.63. The Kier molecular flexibility index (Phi) is 4.28. The molecule has 0 saturated carbocycles. The summed E-state index contributed by atoms with van der Waals surface area (Å²) in [6.45, 7) is -0.155. The molecular formula is C10H13N3O3. The van der Waals surface area contributed by atoms with Crippen LogP contribution in [-0.4, -0.2) is 29.7 Å². The number of urea groups is 1. The monoisotopic (exact) mass is 223 g/mol. The fourth-order valence-corrected chi connectivity index (χ4v) is 1.07. The molecule has 1 atom stereocenters. The number of carbonyl (C=O) groups excluding carboxylic acids is 1. The zero-order valence-corrected chi connectivity index (χ0v) is 8.51. The highest BCUT2D eigenvalue weighted by molar-refractivity contribution is 5.92. The summed E-state index contributed by atoms with van der Waals surface area (Å²) in [6.07, 6.45) is 0. The van der Waals surface area contributed by atoms with Gasteiger partial charge in [0.05, 0.1) is 0 Å². The van der Waals surface area contributed by atoms with Gasteiger partial charge < -0.3 is 21.5 Å². The van der Waals surface area contributed by atoms with Crippen LogP contribution in [0.25, 0.3) is 0 Å². The number of benzene rings is 1. The summed E-state index contributed by atoms with van der Waals surface area (Å²) in [7, 11) is 0. The smallest absolute Gasteiger partial charge is 0.327 e. The van der Waals surface area contributed by atoms with E-state index in [9.17, 15) is 9.59 Å². The number of hydrogen-bond acceptors (Lipinski definition) is 3. The van der Waals surface area contributed by atoms with Gasteiger partial charge in [-0.3, -0.25) is 0 Å². The molecule has 0 aliphatic rings. The third-order valence-electron chi connectivity index (χ3n) is 1.87. The van der Waals surface area contributed by atoms with Crippen LogP contribution in [0.1, 0.15) is 0 Å². The van der Waals surface area contributed by atoms with E-state index in [1.165, 1.54) is 0 Å². The van der Waals surface area contributed by atoms with Gasteiger partial charge >= 0.3 is 12.0 Å². The highest BCUT2D eigenvalue weighted by atomic mass is 16.4. The minimum atomic E-state index is -1.16. The molecule has 0 aliphatic carbocycles. The topological polar surface area (TPSA) is 104 Å². The molecular weight excluding hydrogens is 210 g/mol. The molecule has 1 aromatic rings. The van der Waals surface area contributed by atoms with Crippen LogP contribution in [-0.2, 0) is 4.79 Å². The van der Waals surface area contributed by atoms with Gasteiger partial charge in [0.25, 0.3) is 0 Å². The van der Waals surface area contributed by atoms with Gasteiger partial charge in [-0.1, -0.05) is 18.2 Å². The Morgan fingerprint density at radius 3 is 2.44 bits per heavy atom. The first kappa shape index (κ1) is 12.0. The predicted octanol–water partition coefficient (Wildman–Crippen LogP) is 0.220. The van der Waals surface area contributed by atoms with Gasteiger partial charge in [-0.05, 0) is 12.1 Å². The maximum atomic E-state index is 11.3. The minimum absolute atomic E-state index is 0.155. The second kappa shape index (κ2) is 5.72. The van der Waals surface area contributed by atoms with Gasteiger partial charge in [-0.15, -0.1) is 0 Å². The molecule has 0 aromatic heterocycles. The number of nitrogens with two attached hydrogens (primary N) is 1. The molecule has 1 rings (SSSR count). The summed E-state index contributed by atoms with van der Waals surface area (Å²) in [5.41, 5.74) is 5.78. The summed E-state index contributed by atoms with van der Waals surface area (Å²) in [5, 5.41) is 13.4. The van der Waals surface area contributed by atoms with E-state index in [-0.39, 0.29) is 6.54 Å². The Morgan fingerprint density at radius 1 is 1.31 bits per heavy atom. The molecule has 0 spiro atoms. The van der Waals surface area contributed by atoms with Crippen LogP contribution in [0.5, 0.6) is 0 Å². The van der Waals surface area contributed by atoms with Crippen LogP contribution < -0.4 is 16.4 Å². The van der Waals surface area contributed by atoms with E-state index in [1.54, 1.807) is 24.3 Å². The standard InChI is InChI=1S/C10H13N3O3/c11-6-8(9(14)15)13-10(16)12-7-4-2-1-3-5-7/h1-5,8H,6,11H2,(H,14,15)(H2,12,13,16). The molecule has 0 heterocycles. The first-order valence-electron chi connectivity index (χ1n) is 4.69. The average Bonchev–Trinajstić information content (AvgIpc) is 2.27. The van der Waals surface area contributed by atoms with Gasteiger partial charge in [-0.25, -0.2) is 9.59 Å². The lowest BCUT2D eigenvalue weighted by molar-refractivity contribution is -0.138. The van der Waals surface area contributed by atoms with Crippen LogP contribution in [0.3, 0.4) is 0 Å². The molecule has 5 N–H and O–H groups in total. The maximum Gasteiger partial charge on any atom is 0.327 e. The molecule has 2 amide bonds. The van der Waals surface area contributed by atoms with Crippen molar-refractivity contribution in [2.75, 3.05) is 11.9 Å². The lowest BCUT2D eigenvalue weighted by Crippen LogP contribution is -2.47. The van der Waals surface area contributed by atoms with Crippen LogP contribution >= 0.6 is 0 Å². The summed E-state index contributed by atoms with van der Waals surface area (Å²) in [4.78, 5) is 21.9. The minimum Gasteiger partial charge on any atom is -0.480 e. The fraction of sp³-hybridized carbons (Fsp3) is 0.200. The third kappa shape index (κ3) is 3.58. The van der Waals surface area contributed by atoms with Crippen LogP contribution in [0.15, 0.2) is 30.3 Å². The molecule has 0 aliphatic heterocycles. The summed E-state index contributed by atoms with van der Waals surface area (Å²) >= 11 is 0. The van der Waals surface area contributed by atoms with E-state index in [2.05, 4.69) is 10.6 Å². The number of carbonyl (C=O) groups is 2. The number of rotatable bonds is 4. The molecule has 6 heteroatoms. The van der Waals surface area contributed by atoms with Crippen molar-refractivity contribution in [3.05, 3.63) is 30.3 Å². The molecule has 86 valence electrons. The fourth-order valence-electron chi connectivity index (χ4n) is 1.07. The van der Waals surface area contributed by atoms with Crippen molar-refractivity contribution in [1.29, 1.82) is 0 Å². The quantitative estimate of drug-likeness (QED) is 0.586. The number of nitrogens with one attached hydrogen (secondary N) is 2. The van der Waals surface area contributed by atoms with Gasteiger partial charge in [0, 0.05) is 12.2 Å². The lowest BCUT2D eigenvalue weighted by atomic mass is 10.3. The van der Waals surface area contributed by atoms with E-state index < -0.39 is 18.0 Å². The van der Waals surface area contributed by atoms with Gasteiger partial charge in [-0.2, -0.15) is 0 Å². The number of anilines is 1. The normalized spacial score (nSPS) is 11.6. The van der Waals surface area contributed by atoms with Crippen LogP contribution in [0.2, 0.25) is 0 Å². The van der Waals surface area contributed by atoms with Crippen LogP contribution in [0.4, 0.5) is 10.5 Å². The van der Waals surface area contributed by atoms with Crippen molar-refractivity contribution in [1.82, 2.24) is 5.32 Å². The van der Waals surface area contributed by atoms with Gasteiger partial charge in [0.2, 0.25) is 0 Å². The number of carboxylic acid groups (broad SMARTS) is 1. The molecule has 0 radical (unpaired) electrons. The Balaban J connectivity index is 2.50. The van der Waals surface area contributed by atoms with E-state index in [0.717, 1.165) is 0 Å². The van der Waals surface area contributed by atoms with Crippen molar-refractivity contribution in [3.8, 4) is 0 Å². The second-order valence-corrected chi connectivity index (χ2v) is 3.09. The number of para-hydroxylation sites is 1. The number of aliphatic carboxylic acids is 1. The number of amides is 2. The molecule has 6 nitrogen and oxygen atoms in total. The molecule has 0 fully saturated rings. The van der Waals surface area contributed by atoms with E-state index in [4.69, 9.17) is 10.8 Å². The summed E-state index contributed by atoms with van der Waals surface area (Å²) in [5.74, 6) is -1.16. The Morgan fingerprint density at radius 2 is 1.94 bits per heavy atom. The number of carboxylic acids is 1. The van der Waals surface area contributed by atoms with E-state index >= 15 is 0 Å². The van der Waals surface area contributed by atoms with Gasteiger partial charge in [0.15, 0.2) is 0 Å². The summed E-state index contributed by atoms with van der Waals surface area (Å²) in [6, 6.07) is 7.03. The Labute approximate surface area is 92.4 Å². The SMILES string of the molecule is NCC(NC(=O)Nc1ccccc1)C(=O)O. The zero-order chi connectivity index (χ0) is 12.0. The molecule has 0 saturated heterocycles. The Hall–Kier alpha value is -2.08. The molecule has 0 bridgehead atoms.